The van der Waals surface area contributed by atoms with Crippen molar-refractivity contribution in [3.05, 3.63) is 60.2 Å². The molecule has 0 saturated carbocycles. The van der Waals surface area contributed by atoms with Gasteiger partial charge in [0.15, 0.2) is 0 Å². The Bertz CT molecular complexity index is 519. The van der Waals surface area contributed by atoms with Crippen molar-refractivity contribution in [3.8, 4) is 5.75 Å². The van der Waals surface area contributed by atoms with Crippen LogP contribution in [0.4, 0.5) is 0 Å². The monoisotopic (exact) mass is 309 g/mol. The Morgan fingerprint density at radius 3 is 2.28 bits per heavy atom. The summed E-state index contributed by atoms with van der Waals surface area (Å²) in [6.45, 7) is 0. The van der Waals surface area contributed by atoms with Crippen LogP contribution in [0.1, 0.15) is 10.4 Å². The van der Waals surface area contributed by atoms with Crippen LogP contribution in [-0.2, 0) is 19.5 Å². The van der Waals surface area contributed by atoms with E-state index in [0.717, 1.165) is 11.9 Å². The number of para-hydroxylation sites is 1. The molecule has 2 aromatic rings. The summed E-state index contributed by atoms with van der Waals surface area (Å²) in [6.07, 6.45) is 0. The second-order valence-electron chi connectivity index (χ2n) is 3.37. The molecular weight excluding hydrogens is 300 g/mol. The second kappa shape index (κ2) is 7.19. The molecule has 0 heterocycles. The number of benzene rings is 2. The smallest absolute Gasteiger partial charge is 0.261 e. The zero-order valence-corrected chi connectivity index (χ0v) is 13.5. The molecule has 0 spiro atoms. The van der Waals surface area contributed by atoms with Crippen molar-refractivity contribution in [1.29, 1.82) is 0 Å². The van der Waals surface area contributed by atoms with E-state index in [1.165, 1.54) is 0 Å². The van der Waals surface area contributed by atoms with Crippen LogP contribution in [0, 0.1) is 0 Å². The Kier molecular flexibility index (Phi) is 5.89. The largest absolute Gasteiger partial charge is 0.507 e. The standard InChI is InChI=1S/C13H11NO2S.Zn/c15-11-8-4-5-9-12(11)17-14-13(16)10-6-2-1-3-7-10;/h1-9,15H,(H,14,16);. The van der Waals surface area contributed by atoms with Crippen LogP contribution in [0.5, 0.6) is 5.75 Å². The molecule has 0 bridgehead atoms. The van der Waals surface area contributed by atoms with Gasteiger partial charge in [-0.15, -0.1) is 0 Å². The summed E-state index contributed by atoms with van der Waals surface area (Å²) in [5.74, 6) is -0.0234. The molecule has 0 aliphatic carbocycles. The number of rotatable bonds is 3. The molecule has 5 heteroatoms. The van der Waals surface area contributed by atoms with E-state index in [1.54, 1.807) is 48.5 Å². The third-order valence-electron chi connectivity index (χ3n) is 2.15. The van der Waals surface area contributed by atoms with Crippen molar-refractivity contribution in [1.82, 2.24) is 4.72 Å². The van der Waals surface area contributed by atoms with E-state index in [4.69, 9.17) is 0 Å². The normalized spacial score (nSPS) is 9.33. The second-order valence-corrected chi connectivity index (χ2v) is 4.22. The van der Waals surface area contributed by atoms with Gasteiger partial charge in [0.2, 0.25) is 0 Å². The van der Waals surface area contributed by atoms with E-state index in [-0.39, 0.29) is 31.1 Å². The van der Waals surface area contributed by atoms with Crippen LogP contribution in [0.3, 0.4) is 0 Å². The van der Waals surface area contributed by atoms with Crippen LogP contribution in [0.2, 0.25) is 0 Å². The maximum atomic E-state index is 11.7. The summed E-state index contributed by atoms with van der Waals surface area (Å²) in [7, 11) is 0. The molecule has 3 nitrogen and oxygen atoms in total. The summed E-state index contributed by atoms with van der Waals surface area (Å²) in [5, 5.41) is 9.52. The molecule has 0 radical (unpaired) electrons. The van der Waals surface area contributed by atoms with E-state index in [1.807, 2.05) is 6.07 Å². The molecule has 2 aromatic carbocycles. The van der Waals surface area contributed by atoms with Gasteiger partial charge in [0.25, 0.3) is 5.91 Å². The average Bonchev–Trinajstić information content (AvgIpc) is 2.38. The minimum absolute atomic E-state index is 0. The van der Waals surface area contributed by atoms with E-state index < -0.39 is 0 Å². The van der Waals surface area contributed by atoms with Gasteiger partial charge in [0.05, 0.1) is 4.90 Å². The van der Waals surface area contributed by atoms with Crippen LogP contribution in [-0.4, -0.2) is 11.0 Å². The molecule has 18 heavy (non-hydrogen) atoms. The third kappa shape index (κ3) is 3.86. The van der Waals surface area contributed by atoms with Crippen LogP contribution in [0.25, 0.3) is 0 Å². The van der Waals surface area contributed by atoms with Crippen molar-refractivity contribution in [2.75, 3.05) is 0 Å². The van der Waals surface area contributed by atoms with E-state index >= 15 is 0 Å². The zero-order valence-electron chi connectivity index (χ0n) is 9.67. The van der Waals surface area contributed by atoms with Crippen molar-refractivity contribution in [2.24, 2.45) is 0 Å². The van der Waals surface area contributed by atoms with Gasteiger partial charge in [0.1, 0.15) is 5.75 Å². The summed E-state index contributed by atoms with van der Waals surface area (Å²) in [6, 6.07) is 15.8. The first-order valence-corrected chi connectivity index (χ1v) is 5.89. The Balaban J connectivity index is 0.00000162. The number of hydrogen-bond donors (Lipinski definition) is 2. The molecule has 0 saturated heterocycles. The molecule has 0 atom stereocenters. The number of hydrogen-bond acceptors (Lipinski definition) is 3. The quantitative estimate of drug-likeness (QED) is 0.677. The van der Waals surface area contributed by atoms with E-state index in [9.17, 15) is 9.90 Å². The van der Waals surface area contributed by atoms with Gasteiger partial charge in [-0.25, -0.2) is 0 Å². The van der Waals surface area contributed by atoms with Crippen LogP contribution >= 0.6 is 11.9 Å². The summed E-state index contributed by atoms with van der Waals surface area (Å²) >= 11 is 1.10. The zero-order chi connectivity index (χ0) is 12.1. The third-order valence-corrected chi connectivity index (χ3v) is 3.01. The van der Waals surface area contributed by atoms with Gasteiger partial charge < -0.3 is 5.11 Å². The number of nitrogens with one attached hydrogen (secondary N) is 1. The van der Waals surface area contributed by atoms with Crippen molar-refractivity contribution in [3.63, 3.8) is 0 Å². The van der Waals surface area contributed by atoms with Gasteiger partial charge in [-0.05, 0) is 36.2 Å². The van der Waals surface area contributed by atoms with Gasteiger partial charge in [-0.3, -0.25) is 9.52 Å². The number of aromatic hydroxyl groups is 1. The molecule has 88 valence electrons. The molecule has 0 aliphatic heterocycles. The molecule has 1 amide bonds. The van der Waals surface area contributed by atoms with Crippen molar-refractivity contribution >= 4 is 17.9 Å². The number of phenolic OH excluding ortho intramolecular Hbond substituents is 1. The van der Waals surface area contributed by atoms with E-state index in [0.29, 0.717) is 10.5 Å². The fourth-order valence-corrected chi connectivity index (χ4v) is 1.93. The number of carbonyl (C=O) groups is 1. The Labute approximate surface area is 123 Å². The van der Waals surface area contributed by atoms with Gasteiger partial charge >= 0.3 is 0 Å². The predicted octanol–water partition coefficient (Wildman–Crippen LogP) is 2.83. The fourth-order valence-electron chi connectivity index (χ4n) is 1.29. The SMILES string of the molecule is O=C(NSc1ccccc1O)c1ccccc1.[Zn]. The van der Waals surface area contributed by atoms with Crippen LogP contribution in [0.15, 0.2) is 59.5 Å². The minimum atomic E-state index is -0.182. The topological polar surface area (TPSA) is 49.3 Å². The summed E-state index contributed by atoms with van der Waals surface area (Å²) in [5.41, 5.74) is 0.593. The Morgan fingerprint density at radius 2 is 1.61 bits per heavy atom. The average molecular weight is 311 g/mol. The first kappa shape index (κ1) is 14.7. The van der Waals surface area contributed by atoms with Gasteiger partial charge in [-0.2, -0.15) is 0 Å². The van der Waals surface area contributed by atoms with Crippen molar-refractivity contribution in [2.45, 2.75) is 4.90 Å². The maximum Gasteiger partial charge on any atom is 0.261 e. The van der Waals surface area contributed by atoms with Gasteiger partial charge in [-0.1, -0.05) is 30.3 Å². The number of phenols is 1. The Hall–Kier alpha value is -1.32. The molecule has 0 aliphatic rings. The molecule has 0 aromatic heterocycles. The number of carbonyl (C=O) groups excluding carboxylic acids is 1. The molecule has 2 N–H and O–H groups in total. The molecular formula is C13H11NO2SZn. The Morgan fingerprint density at radius 1 is 1.00 bits per heavy atom. The molecule has 0 unspecified atom stereocenters. The van der Waals surface area contributed by atoms with Crippen LogP contribution < -0.4 is 4.72 Å². The van der Waals surface area contributed by atoms with Gasteiger partial charge in [0, 0.05) is 25.0 Å². The fraction of sp³-hybridized carbons (Fsp3) is 0. The van der Waals surface area contributed by atoms with Crippen molar-refractivity contribution < 1.29 is 29.4 Å². The first-order chi connectivity index (χ1) is 8.27. The number of amides is 1. The summed E-state index contributed by atoms with van der Waals surface area (Å²) < 4.78 is 2.67. The minimum Gasteiger partial charge on any atom is -0.507 e. The predicted molar refractivity (Wildman–Crippen MR) is 67.9 cm³/mol. The first-order valence-electron chi connectivity index (χ1n) is 5.07. The summed E-state index contributed by atoms with van der Waals surface area (Å²) in [4.78, 5) is 12.3. The molecule has 2 rings (SSSR count). The molecule has 0 fully saturated rings. The maximum absolute atomic E-state index is 11.7. The van der Waals surface area contributed by atoms with E-state index in [2.05, 4.69) is 4.72 Å².